The molecule has 0 aliphatic heterocycles. The van der Waals surface area contributed by atoms with Crippen molar-refractivity contribution in [2.24, 2.45) is 0 Å². The SMILES string of the molecule is Cc1ccc2cnc(Cc3cccs3)n2c1. The summed E-state index contributed by atoms with van der Waals surface area (Å²) in [6.07, 6.45) is 4.99. The Hall–Kier alpha value is -1.61. The van der Waals surface area contributed by atoms with Gasteiger partial charge in [-0.15, -0.1) is 11.3 Å². The van der Waals surface area contributed by atoms with Crippen LogP contribution in [0.25, 0.3) is 5.52 Å². The normalized spacial score (nSPS) is 11.1. The minimum atomic E-state index is 0.912. The molecule has 0 bridgehead atoms. The van der Waals surface area contributed by atoms with Gasteiger partial charge in [-0.05, 0) is 30.0 Å². The monoisotopic (exact) mass is 228 g/mol. The minimum absolute atomic E-state index is 0.912. The van der Waals surface area contributed by atoms with Crippen LogP contribution in [0.1, 0.15) is 16.3 Å². The Kier molecular flexibility index (Phi) is 2.26. The Labute approximate surface area is 98.2 Å². The van der Waals surface area contributed by atoms with Crippen LogP contribution >= 0.6 is 11.3 Å². The molecule has 0 aliphatic carbocycles. The van der Waals surface area contributed by atoms with Crippen molar-refractivity contribution < 1.29 is 0 Å². The maximum absolute atomic E-state index is 4.48. The Morgan fingerprint density at radius 2 is 2.25 bits per heavy atom. The van der Waals surface area contributed by atoms with E-state index in [-0.39, 0.29) is 0 Å². The maximum Gasteiger partial charge on any atom is 0.118 e. The molecular formula is C13H12N2S. The van der Waals surface area contributed by atoms with Gasteiger partial charge in [-0.2, -0.15) is 0 Å². The van der Waals surface area contributed by atoms with E-state index in [9.17, 15) is 0 Å². The molecule has 0 unspecified atom stereocenters. The van der Waals surface area contributed by atoms with Gasteiger partial charge in [-0.1, -0.05) is 12.1 Å². The lowest BCUT2D eigenvalue weighted by molar-refractivity contribution is 0.967. The summed E-state index contributed by atoms with van der Waals surface area (Å²) in [6.45, 7) is 2.11. The third-order valence-electron chi connectivity index (χ3n) is 2.66. The first-order valence-corrected chi connectivity index (χ1v) is 6.16. The number of pyridine rings is 1. The number of thiophene rings is 1. The Morgan fingerprint density at radius 1 is 1.31 bits per heavy atom. The predicted octanol–water partition coefficient (Wildman–Crippen LogP) is 3.30. The smallest absolute Gasteiger partial charge is 0.118 e. The highest BCUT2D eigenvalue weighted by Crippen LogP contribution is 2.16. The van der Waals surface area contributed by atoms with Crippen molar-refractivity contribution in [2.45, 2.75) is 13.3 Å². The summed E-state index contributed by atoms with van der Waals surface area (Å²) in [5, 5.41) is 2.11. The van der Waals surface area contributed by atoms with Gasteiger partial charge in [0.1, 0.15) is 5.82 Å². The molecular weight excluding hydrogens is 216 g/mol. The molecule has 0 N–H and O–H groups in total. The first-order chi connectivity index (χ1) is 7.83. The Balaban J connectivity index is 2.07. The molecule has 0 amide bonds. The fourth-order valence-electron chi connectivity index (χ4n) is 1.85. The fourth-order valence-corrected chi connectivity index (χ4v) is 2.55. The molecule has 0 saturated carbocycles. The average Bonchev–Trinajstić information content (AvgIpc) is 2.90. The topological polar surface area (TPSA) is 17.3 Å². The number of nitrogens with zero attached hydrogens (tertiary/aromatic N) is 2. The Bertz CT molecular complexity index is 608. The first kappa shape index (κ1) is 9.60. The molecule has 0 atom stereocenters. The van der Waals surface area contributed by atoms with Gasteiger partial charge < -0.3 is 4.40 Å². The van der Waals surface area contributed by atoms with Crippen LogP contribution in [-0.2, 0) is 6.42 Å². The summed E-state index contributed by atoms with van der Waals surface area (Å²) in [4.78, 5) is 5.84. The standard InChI is InChI=1S/C13H12N2S/c1-10-4-5-11-8-14-13(15(11)9-10)7-12-3-2-6-16-12/h2-6,8-9H,7H2,1H3. The second-order valence-electron chi connectivity index (χ2n) is 3.93. The van der Waals surface area contributed by atoms with Crippen molar-refractivity contribution in [3.8, 4) is 0 Å². The fraction of sp³-hybridized carbons (Fsp3) is 0.154. The molecule has 16 heavy (non-hydrogen) atoms. The summed E-state index contributed by atoms with van der Waals surface area (Å²) in [6, 6.07) is 8.47. The zero-order chi connectivity index (χ0) is 11.0. The molecule has 0 saturated heterocycles. The van der Waals surface area contributed by atoms with Gasteiger partial charge in [-0.3, -0.25) is 0 Å². The van der Waals surface area contributed by atoms with E-state index in [1.54, 1.807) is 11.3 Å². The van der Waals surface area contributed by atoms with Crippen LogP contribution in [0.3, 0.4) is 0 Å². The van der Waals surface area contributed by atoms with Gasteiger partial charge in [-0.25, -0.2) is 4.98 Å². The maximum atomic E-state index is 4.48. The van der Waals surface area contributed by atoms with Gasteiger partial charge in [0, 0.05) is 17.5 Å². The van der Waals surface area contributed by atoms with E-state index in [2.05, 4.69) is 52.2 Å². The molecule has 80 valence electrons. The number of aryl methyl sites for hydroxylation is 1. The molecule has 3 heteroatoms. The van der Waals surface area contributed by atoms with Crippen LogP contribution in [0.5, 0.6) is 0 Å². The molecule has 3 heterocycles. The number of rotatable bonds is 2. The van der Waals surface area contributed by atoms with Crippen LogP contribution in [-0.4, -0.2) is 9.38 Å². The molecule has 0 fully saturated rings. The third-order valence-corrected chi connectivity index (χ3v) is 3.54. The number of hydrogen-bond acceptors (Lipinski definition) is 2. The highest BCUT2D eigenvalue weighted by atomic mass is 32.1. The van der Waals surface area contributed by atoms with Gasteiger partial charge in [0.05, 0.1) is 11.7 Å². The summed E-state index contributed by atoms with van der Waals surface area (Å²) in [5.74, 6) is 1.11. The van der Waals surface area contributed by atoms with Crippen LogP contribution in [0.2, 0.25) is 0 Å². The number of aromatic nitrogens is 2. The van der Waals surface area contributed by atoms with E-state index >= 15 is 0 Å². The first-order valence-electron chi connectivity index (χ1n) is 5.28. The van der Waals surface area contributed by atoms with Crippen molar-refractivity contribution in [1.29, 1.82) is 0 Å². The van der Waals surface area contributed by atoms with Crippen molar-refractivity contribution in [3.63, 3.8) is 0 Å². The van der Waals surface area contributed by atoms with E-state index in [0.29, 0.717) is 0 Å². The van der Waals surface area contributed by atoms with Gasteiger partial charge in [0.15, 0.2) is 0 Å². The summed E-state index contributed by atoms with van der Waals surface area (Å²) in [5.41, 5.74) is 2.43. The second kappa shape index (κ2) is 3.76. The van der Waals surface area contributed by atoms with Gasteiger partial charge in [0.25, 0.3) is 0 Å². The molecule has 0 aliphatic rings. The van der Waals surface area contributed by atoms with E-state index in [0.717, 1.165) is 17.8 Å². The zero-order valence-electron chi connectivity index (χ0n) is 9.05. The molecule has 0 spiro atoms. The van der Waals surface area contributed by atoms with Gasteiger partial charge in [0.2, 0.25) is 0 Å². The zero-order valence-corrected chi connectivity index (χ0v) is 9.87. The third kappa shape index (κ3) is 1.63. The van der Waals surface area contributed by atoms with Crippen molar-refractivity contribution in [1.82, 2.24) is 9.38 Å². The summed E-state index contributed by atoms with van der Waals surface area (Å²) >= 11 is 1.78. The van der Waals surface area contributed by atoms with Gasteiger partial charge >= 0.3 is 0 Å². The van der Waals surface area contributed by atoms with Crippen molar-refractivity contribution in [3.05, 3.63) is 58.3 Å². The van der Waals surface area contributed by atoms with Crippen LogP contribution in [0, 0.1) is 6.92 Å². The molecule has 0 radical (unpaired) electrons. The Morgan fingerprint density at radius 3 is 3.06 bits per heavy atom. The molecule has 3 aromatic rings. The van der Waals surface area contributed by atoms with E-state index in [1.807, 2.05) is 6.20 Å². The largest absolute Gasteiger partial charge is 0.303 e. The summed E-state index contributed by atoms with van der Waals surface area (Å²) in [7, 11) is 0. The molecule has 2 nitrogen and oxygen atoms in total. The van der Waals surface area contributed by atoms with Crippen LogP contribution in [0.4, 0.5) is 0 Å². The highest BCUT2D eigenvalue weighted by Gasteiger charge is 2.04. The number of hydrogen-bond donors (Lipinski definition) is 0. The van der Waals surface area contributed by atoms with E-state index in [4.69, 9.17) is 0 Å². The summed E-state index contributed by atoms with van der Waals surface area (Å²) < 4.78 is 2.18. The highest BCUT2D eigenvalue weighted by molar-refractivity contribution is 7.09. The van der Waals surface area contributed by atoms with Crippen LogP contribution in [0.15, 0.2) is 42.0 Å². The quantitative estimate of drug-likeness (QED) is 0.658. The number of imidazole rings is 1. The van der Waals surface area contributed by atoms with Crippen molar-refractivity contribution >= 4 is 16.9 Å². The van der Waals surface area contributed by atoms with E-state index in [1.165, 1.54) is 10.4 Å². The number of fused-ring (bicyclic) bond motifs is 1. The average molecular weight is 228 g/mol. The van der Waals surface area contributed by atoms with Crippen LogP contribution < -0.4 is 0 Å². The van der Waals surface area contributed by atoms with Crippen molar-refractivity contribution in [2.75, 3.05) is 0 Å². The lowest BCUT2D eigenvalue weighted by atomic mass is 10.3. The van der Waals surface area contributed by atoms with E-state index < -0.39 is 0 Å². The second-order valence-corrected chi connectivity index (χ2v) is 4.96. The molecule has 3 aromatic heterocycles. The molecule has 3 rings (SSSR count). The lowest BCUT2D eigenvalue weighted by Crippen LogP contribution is -1.95. The molecule has 0 aromatic carbocycles. The predicted molar refractivity (Wildman–Crippen MR) is 67.1 cm³/mol. The lowest BCUT2D eigenvalue weighted by Gasteiger charge is -2.01. The minimum Gasteiger partial charge on any atom is -0.303 e.